The molecule has 1 unspecified atom stereocenters. The van der Waals surface area contributed by atoms with Gasteiger partial charge in [-0.15, -0.1) is 0 Å². The van der Waals surface area contributed by atoms with Crippen LogP contribution in [0.4, 0.5) is 5.69 Å². The minimum absolute atomic E-state index is 0.204. The van der Waals surface area contributed by atoms with Crippen molar-refractivity contribution < 1.29 is 4.42 Å². The highest BCUT2D eigenvalue weighted by atomic mass is 32.2. The highest BCUT2D eigenvalue weighted by molar-refractivity contribution is 8.04. The minimum Gasteiger partial charge on any atom is -0.422 e. The van der Waals surface area contributed by atoms with Crippen molar-refractivity contribution in [2.45, 2.75) is 25.6 Å². The summed E-state index contributed by atoms with van der Waals surface area (Å²) >= 11 is 1.62. The summed E-state index contributed by atoms with van der Waals surface area (Å²) in [7, 11) is 0. The Morgan fingerprint density at radius 3 is 2.88 bits per heavy atom. The minimum atomic E-state index is -0.293. The van der Waals surface area contributed by atoms with Crippen molar-refractivity contribution in [1.82, 2.24) is 0 Å². The second-order valence-electron chi connectivity index (χ2n) is 6.09. The first-order chi connectivity index (χ1) is 12.2. The lowest BCUT2D eigenvalue weighted by atomic mass is 10.1. The fourth-order valence-electron chi connectivity index (χ4n) is 3.25. The maximum Gasteiger partial charge on any atom is 0.342 e. The van der Waals surface area contributed by atoms with Crippen LogP contribution in [0.3, 0.4) is 0 Å². The van der Waals surface area contributed by atoms with Crippen LogP contribution >= 0.6 is 11.8 Å². The first-order valence-corrected chi connectivity index (χ1v) is 9.51. The molecule has 128 valence electrons. The third-order valence-electron chi connectivity index (χ3n) is 4.63. The molecule has 1 aliphatic heterocycles. The second-order valence-corrected chi connectivity index (χ2v) is 7.21. The monoisotopic (exact) mass is 352 g/mol. The summed E-state index contributed by atoms with van der Waals surface area (Å²) in [5.41, 5.74) is 3.10. The van der Waals surface area contributed by atoms with Gasteiger partial charge in [0.25, 0.3) is 0 Å². The zero-order valence-corrected chi connectivity index (χ0v) is 15.2. The van der Waals surface area contributed by atoms with Crippen molar-refractivity contribution in [3.05, 3.63) is 63.4 Å². The SMILES string of the molecule is CCN(CC)c1ccc2cc(C3N=C4CC=CC=C4S3)c(=O)oc2c1. The van der Waals surface area contributed by atoms with E-state index < -0.39 is 0 Å². The van der Waals surface area contributed by atoms with Crippen LogP contribution < -0.4 is 10.5 Å². The smallest absolute Gasteiger partial charge is 0.342 e. The van der Waals surface area contributed by atoms with E-state index in [1.807, 2.05) is 24.3 Å². The number of benzene rings is 1. The maximum atomic E-state index is 12.5. The van der Waals surface area contributed by atoms with Gasteiger partial charge in [0.05, 0.1) is 11.3 Å². The van der Waals surface area contributed by atoms with Gasteiger partial charge in [0.1, 0.15) is 11.0 Å². The maximum absolute atomic E-state index is 12.5. The molecule has 0 amide bonds. The van der Waals surface area contributed by atoms with Gasteiger partial charge in [0, 0.05) is 41.6 Å². The number of rotatable bonds is 4. The van der Waals surface area contributed by atoms with E-state index in [4.69, 9.17) is 9.41 Å². The second kappa shape index (κ2) is 6.56. The van der Waals surface area contributed by atoms with Gasteiger partial charge in [-0.05, 0) is 38.1 Å². The molecule has 25 heavy (non-hydrogen) atoms. The van der Waals surface area contributed by atoms with Crippen LogP contribution in [-0.4, -0.2) is 18.8 Å². The van der Waals surface area contributed by atoms with E-state index in [0.29, 0.717) is 11.1 Å². The Morgan fingerprint density at radius 1 is 1.28 bits per heavy atom. The molecule has 1 aromatic carbocycles. The van der Waals surface area contributed by atoms with Crippen molar-refractivity contribution in [1.29, 1.82) is 0 Å². The molecule has 0 N–H and O–H groups in total. The molecule has 0 radical (unpaired) electrons. The molecule has 2 aliphatic rings. The van der Waals surface area contributed by atoms with Crippen molar-refractivity contribution in [2.75, 3.05) is 18.0 Å². The summed E-state index contributed by atoms with van der Waals surface area (Å²) in [5.74, 6) is 0. The standard InChI is InChI=1S/C20H20N2O2S/c1-3-22(4-2)14-10-9-13-11-15(20(23)24-17(13)12-14)19-21-16-7-5-6-8-18(16)25-19/h5-6,8-12,19H,3-4,7H2,1-2H3. The summed E-state index contributed by atoms with van der Waals surface area (Å²) in [6.45, 7) is 6.08. The number of allylic oxidation sites excluding steroid dienone is 4. The first kappa shape index (κ1) is 16.2. The number of fused-ring (bicyclic) bond motifs is 2. The predicted octanol–water partition coefficient (Wildman–Crippen LogP) is 4.67. The third-order valence-corrected chi connectivity index (χ3v) is 5.84. The summed E-state index contributed by atoms with van der Waals surface area (Å²) in [5, 5.41) is 0.734. The van der Waals surface area contributed by atoms with Crippen LogP contribution in [0.1, 0.15) is 31.2 Å². The van der Waals surface area contributed by atoms with Crippen molar-refractivity contribution >= 4 is 34.1 Å². The van der Waals surface area contributed by atoms with E-state index in [0.717, 1.165) is 41.2 Å². The van der Waals surface area contributed by atoms with Crippen molar-refractivity contribution in [3.8, 4) is 0 Å². The molecule has 2 heterocycles. The summed E-state index contributed by atoms with van der Waals surface area (Å²) in [4.78, 5) is 20.6. The lowest BCUT2D eigenvalue weighted by molar-refractivity contribution is 0.550. The molecule has 0 saturated heterocycles. The highest BCUT2D eigenvalue weighted by Gasteiger charge is 2.27. The number of thioether (sulfide) groups is 1. The van der Waals surface area contributed by atoms with Crippen molar-refractivity contribution in [3.63, 3.8) is 0 Å². The van der Waals surface area contributed by atoms with Crippen LogP contribution in [-0.2, 0) is 0 Å². The van der Waals surface area contributed by atoms with Crippen LogP contribution in [0, 0.1) is 0 Å². The average molecular weight is 352 g/mol. The van der Waals surface area contributed by atoms with E-state index >= 15 is 0 Å². The average Bonchev–Trinajstić information content (AvgIpc) is 3.06. The van der Waals surface area contributed by atoms with E-state index in [-0.39, 0.29) is 11.0 Å². The Labute approximate surface area is 150 Å². The van der Waals surface area contributed by atoms with Gasteiger partial charge in [0.15, 0.2) is 0 Å². The largest absolute Gasteiger partial charge is 0.422 e. The van der Waals surface area contributed by atoms with Gasteiger partial charge >= 0.3 is 5.63 Å². The lowest BCUT2D eigenvalue weighted by Gasteiger charge is -2.21. The Bertz CT molecular complexity index is 967. The van der Waals surface area contributed by atoms with E-state index in [9.17, 15) is 4.79 Å². The number of hydrogen-bond donors (Lipinski definition) is 0. The number of aliphatic imine (C=N–C) groups is 1. The van der Waals surface area contributed by atoms with Gasteiger partial charge < -0.3 is 9.32 Å². The number of nitrogens with zero attached hydrogens (tertiary/aromatic N) is 2. The molecule has 1 aromatic heterocycles. The van der Waals surface area contributed by atoms with Crippen LogP contribution in [0.5, 0.6) is 0 Å². The van der Waals surface area contributed by atoms with Gasteiger partial charge in [-0.25, -0.2) is 4.79 Å². The Hall–Kier alpha value is -2.27. The fraction of sp³-hybridized carbons (Fsp3) is 0.300. The molecular formula is C20H20N2O2S. The topological polar surface area (TPSA) is 45.8 Å². The van der Waals surface area contributed by atoms with Crippen LogP contribution in [0.25, 0.3) is 11.0 Å². The summed E-state index contributed by atoms with van der Waals surface area (Å²) < 4.78 is 5.64. The van der Waals surface area contributed by atoms with Gasteiger partial charge in [0.2, 0.25) is 0 Å². The molecule has 1 atom stereocenters. The molecule has 0 bridgehead atoms. The van der Waals surface area contributed by atoms with Gasteiger partial charge in [-0.2, -0.15) is 0 Å². The van der Waals surface area contributed by atoms with E-state index in [1.54, 1.807) is 11.8 Å². The molecule has 0 saturated carbocycles. The molecule has 4 rings (SSSR count). The zero-order valence-electron chi connectivity index (χ0n) is 14.4. The fourth-order valence-corrected chi connectivity index (χ4v) is 4.39. The Morgan fingerprint density at radius 2 is 2.12 bits per heavy atom. The van der Waals surface area contributed by atoms with Crippen molar-refractivity contribution in [2.24, 2.45) is 4.99 Å². The molecule has 0 fully saturated rings. The first-order valence-electron chi connectivity index (χ1n) is 8.63. The van der Waals surface area contributed by atoms with E-state index in [1.165, 1.54) is 0 Å². The van der Waals surface area contributed by atoms with Gasteiger partial charge in [-0.1, -0.05) is 23.9 Å². The number of anilines is 1. The predicted molar refractivity (Wildman–Crippen MR) is 106 cm³/mol. The molecule has 4 nitrogen and oxygen atoms in total. The highest BCUT2D eigenvalue weighted by Crippen LogP contribution is 2.43. The zero-order chi connectivity index (χ0) is 17.4. The number of hydrogen-bond acceptors (Lipinski definition) is 5. The summed E-state index contributed by atoms with van der Waals surface area (Å²) in [6, 6.07) is 7.99. The summed E-state index contributed by atoms with van der Waals surface area (Å²) in [6.07, 6.45) is 7.03. The molecule has 2 aromatic rings. The Kier molecular flexibility index (Phi) is 4.25. The molecular weight excluding hydrogens is 332 g/mol. The Balaban J connectivity index is 1.73. The normalized spacial score (nSPS) is 18.9. The van der Waals surface area contributed by atoms with Crippen LogP contribution in [0.2, 0.25) is 0 Å². The molecule has 0 spiro atoms. The quantitative estimate of drug-likeness (QED) is 0.750. The van der Waals surface area contributed by atoms with Crippen LogP contribution in [0.15, 0.2) is 61.6 Å². The van der Waals surface area contributed by atoms with E-state index in [2.05, 4.69) is 37.0 Å². The lowest BCUT2D eigenvalue weighted by Crippen LogP contribution is -2.21. The molecule has 5 heteroatoms. The molecule has 1 aliphatic carbocycles. The van der Waals surface area contributed by atoms with Gasteiger partial charge in [-0.3, -0.25) is 4.99 Å². The third kappa shape index (κ3) is 2.93.